The van der Waals surface area contributed by atoms with Crippen molar-refractivity contribution in [1.82, 2.24) is 15.4 Å². The molecule has 0 radical (unpaired) electrons. The molecule has 2 rings (SSSR count). The standard InChI is InChI=1S/C10H12ClN3O2/c11-9-1-2-12-7-8(9)10(15)13-14-3-5-16-6-4-14/h1-2,7H,3-6H2,(H,13,15). The summed E-state index contributed by atoms with van der Waals surface area (Å²) < 4.78 is 5.18. The van der Waals surface area contributed by atoms with E-state index >= 15 is 0 Å². The number of hydrogen-bond acceptors (Lipinski definition) is 4. The van der Waals surface area contributed by atoms with Crippen LogP contribution in [0.2, 0.25) is 5.02 Å². The van der Waals surface area contributed by atoms with Crippen molar-refractivity contribution >= 4 is 17.5 Å². The topological polar surface area (TPSA) is 54.5 Å². The maximum absolute atomic E-state index is 11.8. The molecule has 2 heterocycles. The molecule has 0 saturated carbocycles. The number of pyridine rings is 1. The third kappa shape index (κ3) is 2.69. The molecule has 16 heavy (non-hydrogen) atoms. The second kappa shape index (κ2) is 5.25. The lowest BCUT2D eigenvalue weighted by Gasteiger charge is -2.26. The minimum absolute atomic E-state index is 0.236. The van der Waals surface area contributed by atoms with Gasteiger partial charge < -0.3 is 4.74 Å². The number of amides is 1. The summed E-state index contributed by atoms with van der Waals surface area (Å²) in [4.78, 5) is 15.7. The van der Waals surface area contributed by atoms with Gasteiger partial charge >= 0.3 is 0 Å². The molecule has 0 bridgehead atoms. The highest BCUT2D eigenvalue weighted by atomic mass is 35.5. The zero-order chi connectivity index (χ0) is 11.4. The average Bonchev–Trinajstić information content (AvgIpc) is 2.31. The van der Waals surface area contributed by atoms with E-state index in [1.807, 2.05) is 5.01 Å². The summed E-state index contributed by atoms with van der Waals surface area (Å²) in [5, 5.41) is 2.22. The highest BCUT2D eigenvalue weighted by molar-refractivity contribution is 6.33. The number of nitrogens with one attached hydrogen (secondary N) is 1. The number of aromatic nitrogens is 1. The van der Waals surface area contributed by atoms with E-state index in [9.17, 15) is 4.79 Å². The first-order chi connectivity index (χ1) is 7.77. The van der Waals surface area contributed by atoms with Gasteiger partial charge in [0, 0.05) is 25.5 Å². The Morgan fingerprint density at radius 1 is 1.50 bits per heavy atom. The van der Waals surface area contributed by atoms with Gasteiger partial charge in [-0.1, -0.05) is 11.6 Å². The highest BCUT2D eigenvalue weighted by Crippen LogP contribution is 2.13. The molecule has 86 valence electrons. The van der Waals surface area contributed by atoms with E-state index in [1.54, 1.807) is 12.3 Å². The Labute approximate surface area is 98.3 Å². The Hall–Kier alpha value is -1.17. The second-order valence-corrected chi connectivity index (χ2v) is 3.80. The first-order valence-corrected chi connectivity index (χ1v) is 5.38. The van der Waals surface area contributed by atoms with Crippen molar-refractivity contribution < 1.29 is 9.53 Å². The van der Waals surface area contributed by atoms with Crippen LogP contribution in [-0.4, -0.2) is 42.2 Å². The maximum Gasteiger partial charge on any atom is 0.268 e. The van der Waals surface area contributed by atoms with E-state index in [0.717, 1.165) is 0 Å². The number of halogens is 1. The molecule has 1 aliphatic rings. The van der Waals surface area contributed by atoms with Gasteiger partial charge in [-0.15, -0.1) is 0 Å². The van der Waals surface area contributed by atoms with Crippen LogP contribution in [0.15, 0.2) is 18.5 Å². The van der Waals surface area contributed by atoms with Crippen LogP contribution >= 0.6 is 11.6 Å². The molecule has 1 amide bonds. The molecule has 1 saturated heterocycles. The van der Waals surface area contributed by atoms with Gasteiger partial charge in [-0.05, 0) is 6.07 Å². The lowest BCUT2D eigenvalue weighted by Crippen LogP contribution is -2.48. The molecule has 1 fully saturated rings. The molecule has 0 aliphatic carbocycles. The third-order valence-electron chi connectivity index (χ3n) is 2.28. The van der Waals surface area contributed by atoms with Crippen LogP contribution in [0, 0.1) is 0 Å². The Morgan fingerprint density at radius 2 is 2.25 bits per heavy atom. The van der Waals surface area contributed by atoms with Gasteiger partial charge in [-0.2, -0.15) is 0 Å². The van der Waals surface area contributed by atoms with Gasteiger partial charge in [0.05, 0.1) is 23.8 Å². The number of ether oxygens (including phenoxy) is 1. The number of carbonyl (C=O) groups is 1. The van der Waals surface area contributed by atoms with E-state index in [2.05, 4.69) is 10.4 Å². The molecule has 1 aromatic rings. The fraction of sp³-hybridized carbons (Fsp3) is 0.400. The first-order valence-electron chi connectivity index (χ1n) is 5.00. The molecule has 6 heteroatoms. The fourth-order valence-electron chi connectivity index (χ4n) is 1.42. The number of hydrogen-bond donors (Lipinski definition) is 1. The summed E-state index contributed by atoms with van der Waals surface area (Å²) in [6.45, 7) is 2.62. The summed E-state index contributed by atoms with van der Waals surface area (Å²) in [6, 6.07) is 1.59. The monoisotopic (exact) mass is 241 g/mol. The predicted octanol–water partition coefficient (Wildman–Crippen LogP) is 0.712. The molecule has 0 unspecified atom stereocenters. The van der Waals surface area contributed by atoms with Crippen molar-refractivity contribution in [2.75, 3.05) is 26.3 Å². The Morgan fingerprint density at radius 3 is 2.94 bits per heavy atom. The maximum atomic E-state index is 11.8. The molecule has 0 aromatic carbocycles. The van der Waals surface area contributed by atoms with Crippen molar-refractivity contribution in [3.05, 3.63) is 29.0 Å². The third-order valence-corrected chi connectivity index (χ3v) is 2.61. The number of hydrazine groups is 1. The molecule has 5 nitrogen and oxygen atoms in total. The van der Waals surface area contributed by atoms with E-state index in [-0.39, 0.29) is 5.91 Å². The molecule has 1 aromatic heterocycles. The van der Waals surface area contributed by atoms with E-state index in [1.165, 1.54) is 6.20 Å². The Balaban J connectivity index is 2.00. The van der Waals surface area contributed by atoms with Crippen LogP contribution in [0.25, 0.3) is 0 Å². The quantitative estimate of drug-likeness (QED) is 0.829. The van der Waals surface area contributed by atoms with Crippen molar-refractivity contribution in [2.45, 2.75) is 0 Å². The number of nitrogens with zero attached hydrogens (tertiary/aromatic N) is 2. The van der Waals surface area contributed by atoms with Gasteiger partial charge in [0.25, 0.3) is 5.91 Å². The minimum atomic E-state index is -0.236. The SMILES string of the molecule is O=C(NN1CCOCC1)c1cnccc1Cl. The fourth-order valence-corrected chi connectivity index (χ4v) is 1.61. The lowest BCUT2D eigenvalue weighted by molar-refractivity contribution is 0.0126. The molecule has 0 spiro atoms. The molecular weight excluding hydrogens is 230 g/mol. The predicted molar refractivity (Wildman–Crippen MR) is 59.1 cm³/mol. The normalized spacial score (nSPS) is 17.1. The number of rotatable bonds is 2. The molecule has 1 N–H and O–H groups in total. The van der Waals surface area contributed by atoms with E-state index in [0.29, 0.717) is 36.9 Å². The summed E-state index contributed by atoms with van der Waals surface area (Å²) >= 11 is 5.89. The lowest BCUT2D eigenvalue weighted by atomic mass is 10.3. The van der Waals surface area contributed by atoms with E-state index in [4.69, 9.17) is 16.3 Å². The van der Waals surface area contributed by atoms with Crippen LogP contribution in [0.5, 0.6) is 0 Å². The summed E-state index contributed by atoms with van der Waals surface area (Å²) in [7, 11) is 0. The summed E-state index contributed by atoms with van der Waals surface area (Å²) in [5.41, 5.74) is 3.15. The van der Waals surface area contributed by atoms with Crippen LogP contribution in [-0.2, 0) is 4.74 Å². The Bertz CT molecular complexity index is 380. The number of morpholine rings is 1. The van der Waals surface area contributed by atoms with Crippen LogP contribution in [0.3, 0.4) is 0 Å². The molecule has 1 aliphatic heterocycles. The van der Waals surface area contributed by atoms with Crippen LogP contribution in [0.4, 0.5) is 0 Å². The summed E-state index contributed by atoms with van der Waals surface area (Å²) in [6.07, 6.45) is 3.01. The zero-order valence-corrected chi connectivity index (χ0v) is 9.41. The first kappa shape index (κ1) is 11.3. The van der Waals surface area contributed by atoms with Gasteiger partial charge in [0.15, 0.2) is 0 Å². The minimum Gasteiger partial charge on any atom is -0.379 e. The van der Waals surface area contributed by atoms with Gasteiger partial charge in [0.2, 0.25) is 0 Å². The van der Waals surface area contributed by atoms with Crippen molar-refractivity contribution in [3.8, 4) is 0 Å². The van der Waals surface area contributed by atoms with Gasteiger partial charge in [-0.25, -0.2) is 5.01 Å². The second-order valence-electron chi connectivity index (χ2n) is 3.40. The summed E-state index contributed by atoms with van der Waals surface area (Å²) in [5.74, 6) is -0.236. The highest BCUT2D eigenvalue weighted by Gasteiger charge is 2.16. The van der Waals surface area contributed by atoms with Gasteiger partial charge in [-0.3, -0.25) is 15.2 Å². The Kier molecular flexibility index (Phi) is 3.71. The van der Waals surface area contributed by atoms with Crippen LogP contribution < -0.4 is 5.43 Å². The largest absolute Gasteiger partial charge is 0.379 e. The number of carbonyl (C=O) groups excluding carboxylic acids is 1. The van der Waals surface area contributed by atoms with Crippen molar-refractivity contribution in [2.24, 2.45) is 0 Å². The van der Waals surface area contributed by atoms with E-state index < -0.39 is 0 Å². The van der Waals surface area contributed by atoms with Crippen LogP contribution in [0.1, 0.15) is 10.4 Å². The zero-order valence-electron chi connectivity index (χ0n) is 8.65. The van der Waals surface area contributed by atoms with Crippen molar-refractivity contribution in [1.29, 1.82) is 0 Å². The van der Waals surface area contributed by atoms with Crippen molar-refractivity contribution in [3.63, 3.8) is 0 Å². The molecular formula is C10H12ClN3O2. The average molecular weight is 242 g/mol. The van der Waals surface area contributed by atoms with Gasteiger partial charge in [0.1, 0.15) is 0 Å². The smallest absolute Gasteiger partial charge is 0.268 e. The molecule has 0 atom stereocenters.